The maximum Gasteiger partial charge on any atom is 0.331 e. The van der Waals surface area contributed by atoms with Crippen LogP contribution in [0.15, 0.2) is 42.5 Å². The van der Waals surface area contributed by atoms with Crippen LogP contribution in [-0.4, -0.2) is 138 Å². The lowest BCUT2D eigenvalue weighted by atomic mass is 9.96. The van der Waals surface area contributed by atoms with Crippen molar-refractivity contribution in [1.29, 1.82) is 0 Å². The fourth-order valence-electron chi connectivity index (χ4n) is 4.81. The number of esters is 1. The van der Waals surface area contributed by atoms with Gasteiger partial charge in [0, 0.05) is 6.08 Å². The van der Waals surface area contributed by atoms with Gasteiger partial charge >= 0.3 is 5.97 Å². The molecule has 2 aliphatic heterocycles. The summed E-state index contributed by atoms with van der Waals surface area (Å²) in [5.74, 6) is -2.50. The minimum atomic E-state index is -1.88. The molecule has 0 amide bonds. The Morgan fingerprint density at radius 2 is 1.38 bits per heavy atom. The summed E-state index contributed by atoms with van der Waals surface area (Å²) < 4.78 is 28.0. The molecule has 16 nitrogen and oxygen atoms in total. The standard InChI is InChI=1S/C29H36O16/c30-11-19-22(37)23(38)24(39)29(42-19)45-27-25(40)28(41-8-7-14-2-5-16(33)18(35)10-14)43-20(12-31)26(27)44-21(36)6-3-13-1-4-15(32)17(34)9-13/h1-6,9-10,19-20,22-35,37-40H,7-8,11-12H2/b6-3+/t19-,20+,22+,23-,24+,25+,26+,27+,28+,29+/m1/s1. The Labute approximate surface area is 256 Å². The highest BCUT2D eigenvalue weighted by atomic mass is 16.7. The summed E-state index contributed by atoms with van der Waals surface area (Å²) in [5.41, 5.74) is 0.870. The highest BCUT2D eigenvalue weighted by molar-refractivity contribution is 5.87. The predicted octanol–water partition coefficient (Wildman–Crippen LogP) is -2.04. The Balaban J connectivity index is 1.53. The van der Waals surface area contributed by atoms with Gasteiger partial charge in [-0.15, -0.1) is 0 Å². The van der Waals surface area contributed by atoms with Gasteiger partial charge in [0.15, 0.2) is 41.7 Å². The van der Waals surface area contributed by atoms with Crippen LogP contribution in [0.3, 0.4) is 0 Å². The van der Waals surface area contributed by atoms with E-state index in [2.05, 4.69) is 0 Å². The van der Waals surface area contributed by atoms with E-state index in [0.717, 1.165) is 6.08 Å². The molecule has 248 valence electrons. The number of aliphatic hydroxyl groups excluding tert-OH is 6. The van der Waals surface area contributed by atoms with E-state index < -0.39 is 86.3 Å². The number of carbonyl (C=O) groups excluding carboxylic acids is 1. The van der Waals surface area contributed by atoms with E-state index in [9.17, 15) is 55.9 Å². The topological polar surface area (TPSA) is 266 Å². The maximum atomic E-state index is 12.8. The number of ether oxygens (including phenoxy) is 5. The molecule has 4 rings (SSSR count). The van der Waals surface area contributed by atoms with Crippen molar-refractivity contribution in [2.75, 3.05) is 19.8 Å². The number of hydrogen-bond donors (Lipinski definition) is 10. The number of aliphatic hydroxyl groups is 6. The Morgan fingerprint density at radius 3 is 2.02 bits per heavy atom. The lowest BCUT2D eigenvalue weighted by Crippen LogP contribution is -2.65. The van der Waals surface area contributed by atoms with E-state index in [-0.39, 0.29) is 30.3 Å². The van der Waals surface area contributed by atoms with Gasteiger partial charge in [0.1, 0.15) is 42.7 Å². The molecule has 2 heterocycles. The molecule has 0 aliphatic carbocycles. The highest BCUT2D eigenvalue weighted by Gasteiger charge is 2.52. The molecule has 45 heavy (non-hydrogen) atoms. The minimum Gasteiger partial charge on any atom is -0.504 e. The van der Waals surface area contributed by atoms with Crippen molar-refractivity contribution in [3.63, 3.8) is 0 Å². The average Bonchev–Trinajstić information content (AvgIpc) is 3.02. The van der Waals surface area contributed by atoms with Gasteiger partial charge in [0.2, 0.25) is 0 Å². The van der Waals surface area contributed by atoms with E-state index >= 15 is 0 Å². The van der Waals surface area contributed by atoms with Crippen LogP contribution in [0.5, 0.6) is 23.0 Å². The monoisotopic (exact) mass is 640 g/mol. The second-order valence-corrected chi connectivity index (χ2v) is 10.4. The molecule has 2 fully saturated rings. The zero-order valence-electron chi connectivity index (χ0n) is 23.6. The number of phenols is 4. The molecule has 0 bridgehead atoms. The van der Waals surface area contributed by atoms with Gasteiger partial charge in [0.25, 0.3) is 0 Å². The summed E-state index contributed by atoms with van der Waals surface area (Å²) in [7, 11) is 0. The van der Waals surface area contributed by atoms with E-state index in [0.29, 0.717) is 11.1 Å². The molecule has 10 N–H and O–H groups in total. The van der Waals surface area contributed by atoms with Crippen molar-refractivity contribution < 1.29 is 79.5 Å². The van der Waals surface area contributed by atoms with Gasteiger partial charge in [-0.25, -0.2) is 4.79 Å². The van der Waals surface area contributed by atoms with E-state index in [1.54, 1.807) is 0 Å². The highest BCUT2D eigenvalue weighted by Crippen LogP contribution is 2.32. The van der Waals surface area contributed by atoms with Crippen molar-refractivity contribution >= 4 is 12.0 Å². The Kier molecular flexibility index (Phi) is 11.6. The summed E-state index contributed by atoms with van der Waals surface area (Å²) in [6, 6.07) is 7.88. The Hall–Kier alpha value is -3.55. The summed E-state index contributed by atoms with van der Waals surface area (Å²) in [5, 5.41) is 100. The summed E-state index contributed by atoms with van der Waals surface area (Å²) in [6.45, 7) is -1.65. The summed E-state index contributed by atoms with van der Waals surface area (Å²) in [6.07, 6.45) is -14.0. The molecular formula is C29H36O16. The first-order valence-corrected chi connectivity index (χ1v) is 13.9. The number of carbonyl (C=O) groups is 1. The normalized spacial score (nSPS) is 32.0. The number of rotatable bonds is 11. The first kappa shape index (κ1) is 34.3. The number of aromatic hydroxyl groups is 4. The Morgan fingerprint density at radius 1 is 0.733 bits per heavy atom. The van der Waals surface area contributed by atoms with E-state index in [1.165, 1.54) is 42.5 Å². The third-order valence-corrected chi connectivity index (χ3v) is 7.31. The van der Waals surface area contributed by atoms with Crippen LogP contribution < -0.4 is 0 Å². The first-order valence-electron chi connectivity index (χ1n) is 13.9. The van der Waals surface area contributed by atoms with Crippen molar-refractivity contribution in [3.8, 4) is 23.0 Å². The van der Waals surface area contributed by atoms with E-state index in [1.807, 2.05) is 0 Å². The van der Waals surface area contributed by atoms with Crippen molar-refractivity contribution in [1.82, 2.24) is 0 Å². The van der Waals surface area contributed by atoms with Crippen molar-refractivity contribution in [3.05, 3.63) is 53.6 Å². The average molecular weight is 641 g/mol. The van der Waals surface area contributed by atoms with Crippen molar-refractivity contribution in [2.45, 2.75) is 67.8 Å². The van der Waals surface area contributed by atoms with Gasteiger partial charge in [-0.1, -0.05) is 12.1 Å². The van der Waals surface area contributed by atoms with Crippen LogP contribution in [0.1, 0.15) is 11.1 Å². The molecule has 0 spiro atoms. The number of benzene rings is 2. The lowest BCUT2D eigenvalue weighted by molar-refractivity contribution is -0.360. The zero-order chi connectivity index (χ0) is 32.8. The van der Waals surface area contributed by atoms with Crippen LogP contribution in [0.4, 0.5) is 0 Å². The number of phenolic OH excluding ortho intramolecular Hbond substituents is 4. The fraction of sp³-hybridized carbons (Fsp3) is 0.483. The first-order chi connectivity index (χ1) is 21.4. The quantitative estimate of drug-likeness (QED) is 0.0720. The third kappa shape index (κ3) is 8.19. The maximum absolute atomic E-state index is 12.8. The second-order valence-electron chi connectivity index (χ2n) is 10.4. The largest absolute Gasteiger partial charge is 0.504 e. The van der Waals surface area contributed by atoms with Crippen molar-refractivity contribution in [2.24, 2.45) is 0 Å². The SMILES string of the molecule is O=C(/C=C/c1ccc(O)c(O)c1)O[C@@H]1[C@@H](O[C@@H]2O[C@H](CO)[C@H](O)[C@@H](O)[C@@H]2O)[C@H](O)[C@@H](OCCc2ccc(O)c(O)c2)O[C@H]1CO. The molecule has 0 aromatic heterocycles. The summed E-state index contributed by atoms with van der Waals surface area (Å²) >= 11 is 0. The fourth-order valence-corrected chi connectivity index (χ4v) is 4.81. The molecule has 0 saturated carbocycles. The molecule has 0 unspecified atom stereocenters. The molecule has 2 aromatic carbocycles. The van der Waals surface area contributed by atoms with Gasteiger partial charge < -0.3 is 74.7 Å². The van der Waals surface area contributed by atoms with Crippen LogP contribution in [0.2, 0.25) is 0 Å². The smallest absolute Gasteiger partial charge is 0.331 e. The minimum absolute atomic E-state index is 0.108. The van der Waals surface area contributed by atoms with Crippen LogP contribution in [0, 0.1) is 0 Å². The predicted molar refractivity (Wildman–Crippen MR) is 149 cm³/mol. The zero-order valence-corrected chi connectivity index (χ0v) is 23.6. The van der Waals surface area contributed by atoms with Crippen LogP contribution in [0.25, 0.3) is 6.08 Å². The number of hydrogen-bond acceptors (Lipinski definition) is 16. The molecular weight excluding hydrogens is 604 g/mol. The van der Waals surface area contributed by atoms with E-state index in [4.69, 9.17) is 23.7 Å². The van der Waals surface area contributed by atoms with Crippen LogP contribution >= 0.6 is 0 Å². The van der Waals surface area contributed by atoms with Gasteiger partial charge in [-0.3, -0.25) is 0 Å². The third-order valence-electron chi connectivity index (χ3n) is 7.31. The molecule has 2 aliphatic rings. The van der Waals surface area contributed by atoms with Gasteiger partial charge in [-0.2, -0.15) is 0 Å². The lowest BCUT2D eigenvalue weighted by Gasteiger charge is -2.46. The Bertz CT molecular complexity index is 1320. The second kappa shape index (κ2) is 15.2. The van der Waals surface area contributed by atoms with Gasteiger partial charge in [-0.05, 0) is 47.9 Å². The molecule has 10 atom stereocenters. The molecule has 16 heteroatoms. The van der Waals surface area contributed by atoms with Crippen LogP contribution in [-0.2, 0) is 34.9 Å². The summed E-state index contributed by atoms with van der Waals surface area (Å²) in [4.78, 5) is 12.8. The molecule has 2 aromatic rings. The molecule has 0 radical (unpaired) electrons. The van der Waals surface area contributed by atoms with Gasteiger partial charge in [0.05, 0.1) is 19.8 Å². The molecule has 2 saturated heterocycles.